The first-order chi connectivity index (χ1) is 7.40. The molecule has 16 heavy (non-hydrogen) atoms. The molecule has 0 aromatic heterocycles. The highest BCUT2D eigenvalue weighted by atomic mass is 79.9. The first-order valence-corrected chi connectivity index (χ1v) is 6.05. The van der Waals surface area contributed by atoms with E-state index in [0.717, 1.165) is 0 Å². The van der Waals surface area contributed by atoms with Crippen molar-refractivity contribution in [1.29, 1.82) is 0 Å². The van der Waals surface area contributed by atoms with E-state index < -0.39 is 5.51 Å². The molecule has 0 amide bonds. The van der Waals surface area contributed by atoms with Crippen molar-refractivity contribution in [1.82, 2.24) is 0 Å². The maximum Gasteiger partial charge on any atom is 0.441 e. The van der Waals surface area contributed by atoms with Gasteiger partial charge in [0.15, 0.2) is 5.75 Å². The molecule has 1 aromatic rings. The van der Waals surface area contributed by atoms with E-state index >= 15 is 0 Å². The van der Waals surface area contributed by atoms with Gasteiger partial charge in [0.05, 0.1) is 16.8 Å². The van der Waals surface area contributed by atoms with Gasteiger partial charge in [-0.1, -0.05) is 6.07 Å². The number of para-hydroxylation sites is 1. The molecule has 0 saturated heterocycles. The van der Waals surface area contributed by atoms with Crippen molar-refractivity contribution in [3.8, 4) is 5.75 Å². The minimum absolute atomic E-state index is 0.0447. The van der Waals surface area contributed by atoms with Crippen LogP contribution in [-0.2, 0) is 0 Å². The fourth-order valence-corrected chi connectivity index (χ4v) is 1.87. The zero-order valence-corrected chi connectivity index (χ0v) is 10.5. The number of ether oxygens (including phenoxy) is 1. The summed E-state index contributed by atoms with van der Waals surface area (Å²) in [6, 6.07) is 5.05. The largest absolute Gasteiger partial charge is 0.489 e. The summed E-state index contributed by atoms with van der Waals surface area (Å²) in [5.74, 6) is 0.217. The van der Waals surface area contributed by atoms with Gasteiger partial charge in [0.2, 0.25) is 0 Å². The molecule has 1 rings (SSSR count). The van der Waals surface area contributed by atoms with Crippen LogP contribution in [0.4, 0.5) is 18.9 Å². The number of thioether (sulfide) groups is 1. The molecule has 0 radical (unpaired) electrons. The molecule has 0 saturated carbocycles. The Morgan fingerprint density at radius 1 is 1.38 bits per heavy atom. The SMILES string of the molecule is Nc1cccc(Br)c1OCCSC(F)(F)F. The van der Waals surface area contributed by atoms with Crippen LogP contribution in [0.25, 0.3) is 0 Å². The molecular weight excluding hydrogens is 307 g/mol. The Balaban J connectivity index is 2.43. The summed E-state index contributed by atoms with van der Waals surface area (Å²) in [4.78, 5) is 0. The number of anilines is 1. The molecule has 0 spiro atoms. The van der Waals surface area contributed by atoms with E-state index in [1.165, 1.54) is 0 Å². The van der Waals surface area contributed by atoms with E-state index in [1.54, 1.807) is 18.2 Å². The fraction of sp³-hybridized carbons (Fsp3) is 0.333. The second-order valence-corrected chi connectivity index (χ2v) is 4.82. The van der Waals surface area contributed by atoms with Crippen molar-refractivity contribution in [2.45, 2.75) is 5.51 Å². The van der Waals surface area contributed by atoms with Gasteiger partial charge >= 0.3 is 5.51 Å². The van der Waals surface area contributed by atoms with Crippen LogP contribution in [0.1, 0.15) is 0 Å². The molecule has 0 heterocycles. The zero-order valence-electron chi connectivity index (χ0n) is 8.05. The highest BCUT2D eigenvalue weighted by molar-refractivity contribution is 9.10. The monoisotopic (exact) mass is 315 g/mol. The molecule has 0 aliphatic carbocycles. The average Bonchev–Trinajstić information content (AvgIpc) is 2.14. The Kier molecular flexibility index (Phi) is 4.79. The highest BCUT2D eigenvalue weighted by Crippen LogP contribution is 2.32. The average molecular weight is 316 g/mol. The molecule has 7 heteroatoms. The lowest BCUT2D eigenvalue weighted by Gasteiger charge is -2.11. The number of halogens is 4. The molecule has 0 aliphatic rings. The summed E-state index contributed by atoms with van der Waals surface area (Å²) < 4.78 is 41.2. The molecule has 2 nitrogen and oxygen atoms in total. The summed E-state index contributed by atoms with van der Waals surface area (Å²) >= 11 is 3.09. The van der Waals surface area contributed by atoms with Crippen LogP contribution in [0, 0.1) is 0 Å². The molecule has 0 atom stereocenters. The normalized spacial score (nSPS) is 11.5. The van der Waals surface area contributed by atoms with Gasteiger partial charge in [0.25, 0.3) is 0 Å². The second-order valence-electron chi connectivity index (χ2n) is 2.80. The van der Waals surface area contributed by atoms with Gasteiger partial charge in [-0.15, -0.1) is 0 Å². The molecule has 2 N–H and O–H groups in total. The van der Waals surface area contributed by atoms with E-state index in [9.17, 15) is 13.2 Å². The first-order valence-electron chi connectivity index (χ1n) is 4.27. The summed E-state index contributed by atoms with van der Waals surface area (Å²) in [7, 11) is 0. The third-order valence-electron chi connectivity index (χ3n) is 1.59. The Morgan fingerprint density at radius 2 is 2.06 bits per heavy atom. The van der Waals surface area contributed by atoms with E-state index in [0.29, 0.717) is 15.9 Å². The summed E-state index contributed by atoms with van der Waals surface area (Å²) in [6.45, 7) is -0.0447. The molecule has 0 fully saturated rings. The van der Waals surface area contributed by atoms with Gasteiger partial charge < -0.3 is 10.5 Å². The number of rotatable bonds is 4. The molecule has 0 aliphatic heterocycles. The molecule has 0 bridgehead atoms. The van der Waals surface area contributed by atoms with Crippen LogP contribution in [-0.4, -0.2) is 17.9 Å². The molecule has 0 unspecified atom stereocenters. The third kappa shape index (κ3) is 4.52. The lowest BCUT2D eigenvalue weighted by Crippen LogP contribution is -2.08. The van der Waals surface area contributed by atoms with Crippen LogP contribution in [0.2, 0.25) is 0 Å². The van der Waals surface area contributed by atoms with Crippen LogP contribution >= 0.6 is 27.7 Å². The molecule has 90 valence electrons. The van der Waals surface area contributed by atoms with Gasteiger partial charge in [0, 0.05) is 5.75 Å². The van der Waals surface area contributed by atoms with Crippen LogP contribution in [0.3, 0.4) is 0 Å². The Hall–Kier alpha value is -0.560. The summed E-state index contributed by atoms with van der Waals surface area (Å²) in [5, 5.41) is 0. The van der Waals surface area contributed by atoms with E-state index in [1.807, 2.05) is 0 Å². The van der Waals surface area contributed by atoms with E-state index in [4.69, 9.17) is 10.5 Å². The van der Waals surface area contributed by atoms with Crippen LogP contribution in [0.5, 0.6) is 5.75 Å². The maximum absolute atomic E-state index is 11.8. The number of nitrogens with two attached hydrogens (primary N) is 1. The topological polar surface area (TPSA) is 35.2 Å². The quantitative estimate of drug-likeness (QED) is 0.680. The Morgan fingerprint density at radius 3 is 2.62 bits per heavy atom. The van der Waals surface area contributed by atoms with Gasteiger partial charge in [-0.05, 0) is 39.8 Å². The predicted molar refractivity (Wildman–Crippen MR) is 62.6 cm³/mol. The van der Waals surface area contributed by atoms with Crippen LogP contribution in [0.15, 0.2) is 22.7 Å². The van der Waals surface area contributed by atoms with Crippen molar-refractivity contribution in [2.24, 2.45) is 0 Å². The van der Waals surface area contributed by atoms with Gasteiger partial charge in [-0.3, -0.25) is 0 Å². The van der Waals surface area contributed by atoms with Crippen molar-refractivity contribution >= 4 is 33.4 Å². The Labute approximate surface area is 103 Å². The minimum atomic E-state index is -4.22. The summed E-state index contributed by atoms with van der Waals surface area (Å²) in [5.41, 5.74) is 1.78. The standard InChI is InChI=1S/C9H9BrF3NOS/c10-6-2-1-3-7(14)8(6)15-4-5-16-9(11,12)13/h1-3H,4-5,14H2. The van der Waals surface area contributed by atoms with Crippen molar-refractivity contribution in [3.05, 3.63) is 22.7 Å². The summed E-state index contributed by atoms with van der Waals surface area (Å²) in [6.07, 6.45) is 0. The number of hydrogen-bond acceptors (Lipinski definition) is 3. The minimum Gasteiger partial charge on any atom is -0.489 e. The van der Waals surface area contributed by atoms with Crippen molar-refractivity contribution < 1.29 is 17.9 Å². The van der Waals surface area contributed by atoms with E-state index in [2.05, 4.69) is 15.9 Å². The van der Waals surface area contributed by atoms with Gasteiger partial charge in [0.1, 0.15) is 0 Å². The first kappa shape index (κ1) is 13.5. The maximum atomic E-state index is 11.8. The van der Waals surface area contributed by atoms with Crippen molar-refractivity contribution in [3.63, 3.8) is 0 Å². The highest BCUT2D eigenvalue weighted by Gasteiger charge is 2.27. The fourth-order valence-electron chi connectivity index (χ4n) is 0.979. The molecule has 1 aromatic carbocycles. The predicted octanol–water partition coefficient (Wildman–Crippen LogP) is 3.66. The third-order valence-corrected chi connectivity index (χ3v) is 2.92. The second kappa shape index (κ2) is 5.67. The smallest absolute Gasteiger partial charge is 0.441 e. The number of alkyl halides is 3. The number of hydrogen-bond donors (Lipinski definition) is 1. The zero-order chi connectivity index (χ0) is 12.2. The lowest BCUT2D eigenvalue weighted by atomic mass is 10.3. The molecular formula is C9H9BrF3NOS. The van der Waals surface area contributed by atoms with Crippen LogP contribution < -0.4 is 10.5 Å². The van der Waals surface area contributed by atoms with E-state index in [-0.39, 0.29) is 24.1 Å². The Bertz CT molecular complexity index is 339. The number of nitrogen functional groups attached to an aromatic ring is 1. The lowest BCUT2D eigenvalue weighted by molar-refractivity contribution is -0.0329. The number of benzene rings is 1. The van der Waals surface area contributed by atoms with Gasteiger partial charge in [-0.25, -0.2) is 0 Å². The van der Waals surface area contributed by atoms with Gasteiger partial charge in [-0.2, -0.15) is 13.2 Å². The van der Waals surface area contributed by atoms with Crippen molar-refractivity contribution in [2.75, 3.05) is 18.1 Å².